The lowest BCUT2D eigenvalue weighted by Crippen LogP contribution is -2.11. The summed E-state index contributed by atoms with van der Waals surface area (Å²) in [5.41, 5.74) is 4.79. The Bertz CT molecular complexity index is 1890. The first-order valence-corrected chi connectivity index (χ1v) is 12.5. The van der Waals surface area contributed by atoms with Crippen molar-refractivity contribution in [2.75, 3.05) is 4.90 Å². The van der Waals surface area contributed by atoms with Gasteiger partial charge in [0.1, 0.15) is 0 Å². The van der Waals surface area contributed by atoms with Gasteiger partial charge in [0.05, 0.1) is 11.4 Å². The molecule has 0 aromatic heterocycles. The second-order valence-electron chi connectivity index (χ2n) is 9.50. The van der Waals surface area contributed by atoms with Gasteiger partial charge in [-0.25, -0.2) is 0 Å². The van der Waals surface area contributed by atoms with Gasteiger partial charge in [0.25, 0.3) is 0 Å². The first-order chi connectivity index (χ1) is 17.8. The minimum Gasteiger partial charge on any atom is -0.309 e. The Kier molecular flexibility index (Phi) is 4.75. The van der Waals surface area contributed by atoms with Gasteiger partial charge in [-0.15, -0.1) is 0 Å². The number of fused-ring (bicyclic) bond motifs is 6. The fraction of sp³-hybridized carbons (Fsp3) is 0.0286. The molecule has 0 heterocycles. The van der Waals surface area contributed by atoms with Crippen molar-refractivity contribution in [3.8, 4) is 0 Å². The number of nitrogens with zero attached hydrogens (tertiary/aromatic N) is 1. The molecule has 0 aliphatic heterocycles. The summed E-state index contributed by atoms with van der Waals surface area (Å²) in [6, 6.07) is 48.5. The van der Waals surface area contributed by atoms with E-state index in [-0.39, 0.29) is 0 Å². The van der Waals surface area contributed by atoms with Crippen LogP contribution >= 0.6 is 0 Å². The first-order valence-electron chi connectivity index (χ1n) is 12.5. The van der Waals surface area contributed by atoms with Crippen molar-refractivity contribution in [3.63, 3.8) is 0 Å². The zero-order valence-electron chi connectivity index (χ0n) is 20.1. The highest BCUT2D eigenvalue weighted by Crippen LogP contribution is 2.45. The van der Waals surface area contributed by atoms with Crippen LogP contribution in [0.2, 0.25) is 0 Å². The third kappa shape index (κ3) is 3.25. The van der Waals surface area contributed by atoms with Crippen LogP contribution in [0.5, 0.6) is 0 Å². The van der Waals surface area contributed by atoms with E-state index in [0.29, 0.717) is 0 Å². The lowest BCUT2D eigenvalue weighted by molar-refractivity contribution is 1.31. The van der Waals surface area contributed by atoms with Crippen LogP contribution in [0.4, 0.5) is 17.1 Å². The van der Waals surface area contributed by atoms with Crippen molar-refractivity contribution >= 4 is 60.2 Å². The molecular formula is C35H25N. The average Bonchev–Trinajstić information content (AvgIpc) is 2.94. The smallest absolute Gasteiger partial charge is 0.0546 e. The molecule has 7 rings (SSSR count). The normalized spacial score (nSPS) is 11.5. The van der Waals surface area contributed by atoms with E-state index < -0.39 is 0 Å². The Hall–Kier alpha value is -4.62. The van der Waals surface area contributed by atoms with E-state index in [1.807, 2.05) is 0 Å². The molecule has 170 valence electrons. The molecule has 0 aliphatic carbocycles. The van der Waals surface area contributed by atoms with Crippen LogP contribution in [0.25, 0.3) is 43.1 Å². The molecule has 0 saturated carbocycles. The number of hydrogen-bond acceptors (Lipinski definition) is 1. The number of rotatable bonds is 3. The predicted molar refractivity (Wildman–Crippen MR) is 156 cm³/mol. The van der Waals surface area contributed by atoms with Gasteiger partial charge in [0.15, 0.2) is 0 Å². The van der Waals surface area contributed by atoms with Gasteiger partial charge < -0.3 is 4.90 Å². The highest BCUT2D eigenvalue weighted by atomic mass is 15.1. The summed E-state index contributed by atoms with van der Waals surface area (Å²) < 4.78 is 0. The highest BCUT2D eigenvalue weighted by molar-refractivity contribution is 6.19. The summed E-state index contributed by atoms with van der Waals surface area (Å²) in [5, 5.41) is 10.1. The highest BCUT2D eigenvalue weighted by Gasteiger charge is 2.20. The largest absolute Gasteiger partial charge is 0.309 e. The van der Waals surface area contributed by atoms with E-state index in [2.05, 4.69) is 145 Å². The Balaban J connectivity index is 1.64. The van der Waals surface area contributed by atoms with Crippen LogP contribution in [0.3, 0.4) is 0 Å². The van der Waals surface area contributed by atoms with Crippen LogP contribution < -0.4 is 4.90 Å². The molecule has 0 unspecified atom stereocenters. The molecule has 0 spiro atoms. The van der Waals surface area contributed by atoms with E-state index in [0.717, 1.165) is 5.69 Å². The predicted octanol–water partition coefficient (Wildman–Crippen LogP) is 10.1. The molecule has 1 nitrogen and oxygen atoms in total. The lowest BCUT2D eigenvalue weighted by Gasteiger charge is -2.29. The number of benzene rings is 7. The summed E-state index contributed by atoms with van der Waals surface area (Å²) >= 11 is 0. The Labute approximate surface area is 210 Å². The topological polar surface area (TPSA) is 3.24 Å². The van der Waals surface area contributed by atoms with E-state index in [1.54, 1.807) is 0 Å². The van der Waals surface area contributed by atoms with Crippen molar-refractivity contribution in [2.24, 2.45) is 0 Å². The van der Waals surface area contributed by atoms with Crippen molar-refractivity contribution in [3.05, 3.63) is 139 Å². The van der Waals surface area contributed by atoms with E-state index >= 15 is 0 Å². The minimum absolute atomic E-state index is 1.15. The fourth-order valence-electron chi connectivity index (χ4n) is 5.55. The summed E-state index contributed by atoms with van der Waals surface area (Å²) in [4.78, 5) is 2.45. The van der Waals surface area contributed by atoms with Crippen LogP contribution in [0.1, 0.15) is 5.56 Å². The standard InChI is InChI=1S/C35H25N/c1-24-17-21-28(22-18-24)36(33-16-8-11-26-20-19-25-9-2-5-13-30(25)35(26)33)34-23-27-10-3-4-12-29(27)31-14-6-7-15-32(31)34/h2-23H,1H3. The lowest BCUT2D eigenvalue weighted by atomic mass is 9.97. The third-order valence-corrected chi connectivity index (χ3v) is 7.27. The fourth-order valence-corrected chi connectivity index (χ4v) is 5.55. The minimum atomic E-state index is 1.15. The number of anilines is 3. The van der Waals surface area contributed by atoms with Gasteiger partial charge in [-0.1, -0.05) is 115 Å². The van der Waals surface area contributed by atoms with Crippen molar-refractivity contribution in [1.29, 1.82) is 0 Å². The zero-order valence-corrected chi connectivity index (χ0v) is 20.1. The van der Waals surface area contributed by atoms with Crippen molar-refractivity contribution < 1.29 is 0 Å². The molecule has 0 aliphatic rings. The first kappa shape index (κ1) is 20.7. The van der Waals surface area contributed by atoms with E-state index in [9.17, 15) is 0 Å². The van der Waals surface area contributed by atoms with Gasteiger partial charge in [0.2, 0.25) is 0 Å². The third-order valence-electron chi connectivity index (χ3n) is 7.27. The van der Waals surface area contributed by atoms with Crippen LogP contribution in [-0.2, 0) is 0 Å². The SMILES string of the molecule is Cc1ccc(N(c2cc3ccccc3c3ccccc23)c2cccc3ccc4ccccc4c23)cc1. The second-order valence-corrected chi connectivity index (χ2v) is 9.50. The maximum absolute atomic E-state index is 2.45. The molecule has 0 saturated heterocycles. The molecule has 0 fully saturated rings. The van der Waals surface area contributed by atoms with Gasteiger partial charge >= 0.3 is 0 Å². The van der Waals surface area contributed by atoms with Crippen molar-refractivity contribution in [2.45, 2.75) is 6.92 Å². The molecule has 0 radical (unpaired) electrons. The van der Waals surface area contributed by atoms with Crippen LogP contribution in [0, 0.1) is 6.92 Å². The summed E-state index contributed by atoms with van der Waals surface area (Å²) in [5.74, 6) is 0. The quantitative estimate of drug-likeness (QED) is 0.238. The zero-order chi connectivity index (χ0) is 24.1. The van der Waals surface area contributed by atoms with E-state index in [4.69, 9.17) is 0 Å². The maximum Gasteiger partial charge on any atom is 0.0546 e. The van der Waals surface area contributed by atoms with Crippen molar-refractivity contribution in [1.82, 2.24) is 0 Å². The van der Waals surface area contributed by atoms with Gasteiger partial charge in [-0.3, -0.25) is 0 Å². The summed E-state index contributed by atoms with van der Waals surface area (Å²) in [6.45, 7) is 2.14. The molecule has 7 aromatic carbocycles. The summed E-state index contributed by atoms with van der Waals surface area (Å²) in [6.07, 6.45) is 0. The molecule has 0 bridgehead atoms. The average molecular weight is 460 g/mol. The number of aryl methyl sites for hydroxylation is 1. The Morgan fingerprint density at radius 3 is 1.83 bits per heavy atom. The summed E-state index contributed by atoms with van der Waals surface area (Å²) in [7, 11) is 0. The Morgan fingerprint density at radius 2 is 1.03 bits per heavy atom. The molecule has 36 heavy (non-hydrogen) atoms. The molecular weight excluding hydrogens is 434 g/mol. The molecule has 0 atom stereocenters. The monoisotopic (exact) mass is 459 g/mol. The van der Waals surface area contributed by atoms with Gasteiger partial charge in [-0.05, 0) is 63.5 Å². The molecule has 7 aromatic rings. The maximum atomic E-state index is 2.45. The van der Waals surface area contributed by atoms with E-state index in [1.165, 1.54) is 60.0 Å². The number of hydrogen-bond donors (Lipinski definition) is 0. The van der Waals surface area contributed by atoms with Gasteiger partial charge in [-0.2, -0.15) is 0 Å². The van der Waals surface area contributed by atoms with Crippen LogP contribution in [0.15, 0.2) is 133 Å². The van der Waals surface area contributed by atoms with Crippen LogP contribution in [-0.4, -0.2) is 0 Å². The Morgan fingerprint density at radius 1 is 0.417 bits per heavy atom. The molecule has 0 amide bonds. The molecule has 1 heteroatoms. The molecule has 0 N–H and O–H groups in total. The van der Waals surface area contributed by atoms with Gasteiger partial charge in [0, 0.05) is 16.5 Å². The second kappa shape index (κ2) is 8.25.